The molecule has 84 valence electrons. The van der Waals surface area contributed by atoms with Crippen LogP contribution in [0.2, 0.25) is 5.02 Å². The zero-order chi connectivity index (χ0) is 11.3. The normalized spacial score (nSPS) is 10.5. The molecule has 1 N–H and O–H groups in total. The van der Waals surface area contributed by atoms with E-state index in [4.69, 9.17) is 16.3 Å². The molecule has 0 aliphatic carbocycles. The number of ether oxygens (including phenoxy) is 1. The van der Waals surface area contributed by atoms with E-state index in [0.717, 1.165) is 17.9 Å². The third kappa shape index (κ3) is 4.00. The second-order valence-corrected chi connectivity index (χ2v) is 4.20. The average molecular weight is 228 g/mol. The van der Waals surface area contributed by atoms with Crippen LogP contribution < -0.4 is 10.1 Å². The predicted octanol–water partition coefficient (Wildman–Crippen LogP) is 3.95. The van der Waals surface area contributed by atoms with Crippen LogP contribution in [0.25, 0.3) is 0 Å². The van der Waals surface area contributed by atoms with Gasteiger partial charge >= 0.3 is 0 Å². The highest BCUT2D eigenvalue weighted by Gasteiger charge is 2.03. The lowest BCUT2D eigenvalue weighted by atomic mass is 10.2. The van der Waals surface area contributed by atoms with Crippen molar-refractivity contribution in [2.75, 3.05) is 11.9 Å². The van der Waals surface area contributed by atoms with Gasteiger partial charge in [0.25, 0.3) is 0 Å². The number of halogens is 1. The van der Waals surface area contributed by atoms with E-state index in [2.05, 4.69) is 26.1 Å². The SMILES string of the molecule is CCCOc1ccc(NC(C)C)cc1Cl. The molecule has 0 amide bonds. The van der Waals surface area contributed by atoms with Gasteiger partial charge in [0, 0.05) is 11.7 Å². The molecule has 0 aliphatic rings. The van der Waals surface area contributed by atoms with Crippen molar-refractivity contribution >= 4 is 17.3 Å². The summed E-state index contributed by atoms with van der Waals surface area (Å²) in [6.07, 6.45) is 0.988. The smallest absolute Gasteiger partial charge is 0.138 e. The number of rotatable bonds is 5. The third-order valence-electron chi connectivity index (χ3n) is 1.85. The lowest BCUT2D eigenvalue weighted by Gasteiger charge is -2.12. The van der Waals surface area contributed by atoms with Crippen molar-refractivity contribution in [3.8, 4) is 5.75 Å². The van der Waals surface area contributed by atoms with Crippen molar-refractivity contribution in [3.05, 3.63) is 23.2 Å². The first-order valence-corrected chi connectivity index (χ1v) is 5.70. The standard InChI is InChI=1S/C12H18ClNO/c1-4-7-15-12-6-5-10(8-11(12)13)14-9(2)3/h5-6,8-9,14H,4,7H2,1-3H3. The summed E-state index contributed by atoms with van der Waals surface area (Å²) >= 11 is 6.08. The molecule has 0 aliphatic heterocycles. The van der Waals surface area contributed by atoms with Gasteiger partial charge in [0.05, 0.1) is 11.6 Å². The van der Waals surface area contributed by atoms with E-state index in [1.807, 2.05) is 18.2 Å². The van der Waals surface area contributed by atoms with E-state index in [0.29, 0.717) is 17.7 Å². The highest BCUT2D eigenvalue weighted by atomic mass is 35.5. The van der Waals surface area contributed by atoms with Crippen molar-refractivity contribution < 1.29 is 4.74 Å². The summed E-state index contributed by atoms with van der Waals surface area (Å²) in [6, 6.07) is 6.19. The summed E-state index contributed by atoms with van der Waals surface area (Å²) in [6.45, 7) is 6.96. The van der Waals surface area contributed by atoms with E-state index in [9.17, 15) is 0 Å². The Bertz CT molecular complexity index is 312. The van der Waals surface area contributed by atoms with Gasteiger partial charge in [0.15, 0.2) is 0 Å². The second-order valence-electron chi connectivity index (χ2n) is 3.79. The molecule has 1 rings (SSSR count). The van der Waals surface area contributed by atoms with Gasteiger partial charge in [-0.1, -0.05) is 18.5 Å². The van der Waals surface area contributed by atoms with Crippen LogP contribution in [-0.4, -0.2) is 12.6 Å². The van der Waals surface area contributed by atoms with Gasteiger partial charge in [-0.15, -0.1) is 0 Å². The largest absolute Gasteiger partial charge is 0.492 e. The zero-order valence-electron chi connectivity index (χ0n) is 9.51. The molecule has 0 unspecified atom stereocenters. The Morgan fingerprint density at radius 1 is 1.40 bits per heavy atom. The van der Waals surface area contributed by atoms with E-state index < -0.39 is 0 Å². The summed E-state index contributed by atoms with van der Waals surface area (Å²) in [7, 11) is 0. The number of benzene rings is 1. The van der Waals surface area contributed by atoms with E-state index in [1.54, 1.807) is 0 Å². The summed E-state index contributed by atoms with van der Waals surface area (Å²) in [5, 5.41) is 3.95. The molecule has 1 aromatic rings. The van der Waals surface area contributed by atoms with Gasteiger partial charge in [0.1, 0.15) is 5.75 Å². The maximum absolute atomic E-state index is 6.08. The first-order chi connectivity index (χ1) is 7.13. The molecule has 0 radical (unpaired) electrons. The maximum Gasteiger partial charge on any atom is 0.138 e. The molecule has 0 heterocycles. The Hall–Kier alpha value is -0.890. The summed E-state index contributed by atoms with van der Waals surface area (Å²) in [4.78, 5) is 0. The van der Waals surface area contributed by atoms with Crippen LogP contribution in [0.15, 0.2) is 18.2 Å². The molecular weight excluding hydrogens is 210 g/mol. The fourth-order valence-corrected chi connectivity index (χ4v) is 1.49. The maximum atomic E-state index is 6.08. The zero-order valence-corrected chi connectivity index (χ0v) is 10.3. The molecule has 0 aromatic heterocycles. The van der Waals surface area contributed by atoms with Crippen molar-refractivity contribution in [1.29, 1.82) is 0 Å². The Balaban J connectivity index is 2.69. The van der Waals surface area contributed by atoms with E-state index in [1.165, 1.54) is 0 Å². The molecule has 0 atom stereocenters. The molecule has 0 saturated carbocycles. The minimum Gasteiger partial charge on any atom is -0.492 e. The molecule has 0 fully saturated rings. The number of hydrogen-bond donors (Lipinski definition) is 1. The lowest BCUT2D eigenvalue weighted by molar-refractivity contribution is 0.317. The van der Waals surface area contributed by atoms with E-state index in [-0.39, 0.29) is 0 Å². The van der Waals surface area contributed by atoms with Crippen molar-refractivity contribution in [1.82, 2.24) is 0 Å². The fourth-order valence-electron chi connectivity index (χ4n) is 1.25. The predicted molar refractivity (Wildman–Crippen MR) is 66.0 cm³/mol. The molecule has 0 spiro atoms. The first-order valence-electron chi connectivity index (χ1n) is 5.32. The molecule has 0 bridgehead atoms. The molecule has 1 aromatic carbocycles. The van der Waals surface area contributed by atoms with Crippen LogP contribution in [0, 0.1) is 0 Å². The van der Waals surface area contributed by atoms with Crippen molar-refractivity contribution in [3.63, 3.8) is 0 Å². The van der Waals surface area contributed by atoms with Gasteiger partial charge in [-0.25, -0.2) is 0 Å². The van der Waals surface area contributed by atoms with Crippen LogP contribution in [-0.2, 0) is 0 Å². The summed E-state index contributed by atoms with van der Waals surface area (Å²) < 4.78 is 5.49. The quantitative estimate of drug-likeness (QED) is 0.823. The van der Waals surface area contributed by atoms with Gasteiger partial charge in [-0.3, -0.25) is 0 Å². The number of nitrogens with one attached hydrogen (secondary N) is 1. The monoisotopic (exact) mass is 227 g/mol. The highest BCUT2D eigenvalue weighted by Crippen LogP contribution is 2.27. The molecular formula is C12H18ClNO. The van der Waals surface area contributed by atoms with E-state index >= 15 is 0 Å². The molecule has 0 saturated heterocycles. The van der Waals surface area contributed by atoms with Crippen LogP contribution in [0.1, 0.15) is 27.2 Å². The molecule has 2 nitrogen and oxygen atoms in total. The van der Waals surface area contributed by atoms with Crippen molar-refractivity contribution in [2.45, 2.75) is 33.2 Å². The average Bonchev–Trinajstić information content (AvgIpc) is 2.15. The molecule has 3 heteroatoms. The van der Waals surface area contributed by atoms with Gasteiger partial charge in [-0.05, 0) is 38.5 Å². The number of anilines is 1. The second kappa shape index (κ2) is 5.86. The minimum absolute atomic E-state index is 0.406. The van der Waals surface area contributed by atoms with Gasteiger partial charge in [0.2, 0.25) is 0 Å². The Labute approximate surface area is 96.6 Å². The fraction of sp³-hybridized carbons (Fsp3) is 0.500. The topological polar surface area (TPSA) is 21.3 Å². The minimum atomic E-state index is 0.406. The third-order valence-corrected chi connectivity index (χ3v) is 2.14. The van der Waals surface area contributed by atoms with Crippen LogP contribution in [0.4, 0.5) is 5.69 Å². The van der Waals surface area contributed by atoms with Crippen LogP contribution in [0.3, 0.4) is 0 Å². The highest BCUT2D eigenvalue weighted by molar-refractivity contribution is 6.32. The Morgan fingerprint density at radius 3 is 2.67 bits per heavy atom. The van der Waals surface area contributed by atoms with Crippen molar-refractivity contribution in [2.24, 2.45) is 0 Å². The first kappa shape index (κ1) is 12.2. The Kier molecular flexibility index (Phi) is 4.76. The summed E-state index contributed by atoms with van der Waals surface area (Å²) in [5.41, 5.74) is 1.03. The Morgan fingerprint density at radius 2 is 2.13 bits per heavy atom. The lowest BCUT2D eigenvalue weighted by Crippen LogP contribution is -2.09. The summed E-state index contributed by atoms with van der Waals surface area (Å²) in [5.74, 6) is 0.757. The number of hydrogen-bond acceptors (Lipinski definition) is 2. The van der Waals surface area contributed by atoms with Gasteiger partial charge in [-0.2, -0.15) is 0 Å². The molecule has 15 heavy (non-hydrogen) atoms. The van der Waals surface area contributed by atoms with Gasteiger partial charge < -0.3 is 10.1 Å². The van der Waals surface area contributed by atoms with Crippen LogP contribution in [0.5, 0.6) is 5.75 Å². The van der Waals surface area contributed by atoms with Crippen LogP contribution >= 0.6 is 11.6 Å².